The van der Waals surface area contributed by atoms with Crippen LogP contribution in [0.2, 0.25) is 0 Å². The van der Waals surface area contributed by atoms with Crippen molar-refractivity contribution in [1.82, 2.24) is 24.6 Å². The molecule has 0 aliphatic carbocycles. The number of amides is 2. The Morgan fingerprint density at radius 2 is 1.93 bits per heavy atom. The predicted octanol–water partition coefficient (Wildman–Crippen LogP) is 0.796. The molecule has 8 heteroatoms. The Bertz CT molecular complexity index is 864. The van der Waals surface area contributed by atoms with Gasteiger partial charge in [-0.25, -0.2) is 0 Å². The molecular weight excluding hydrogens is 346 g/mol. The first-order chi connectivity index (χ1) is 13.0. The minimum atomic E-state index is -0.288. The second kappa shape index (κ2) is 8.66. The lowest BCUT2D eigenvalue weighted by molar-refractivity contribution is -0.132. The van der Waals surface area contributed by atoms with E-state index >= 15 is 0 Å². The quantitative estimate of drug-likeness (QED) is 0.813. The van der Waals surface area contributed by atoms with E-state index in [-0.39, 0.29) is 23.9 Å². The van der Waals surface area contributed by atoms with Gasteiger partial charge in [-0.3, -0.25) is 19.1 Å². The molecule has 1 N–H and O–H groups in total. The van der Waals surface area contributed by atoms with Gasteiger partial charge in [0.25, 0.3) is 11.5 Å². The first-order valence-electron chi connectivity index (χ1n) is 9.29. The van der Waals surface area contributed by atoms with Crippen LogP contribution in [0.15, 0.2) is 35.4 Å². The first-order valence-corrected chi connectivity index (χ1v) is 9.29. The Labute approximate surface area is 157 Å². The van der Waals surface area contributed by atoms with Crippen LogP contribution in [0.25, 0.3) is 0 Å². The van der Waals surface area contributed by atoms with Gasteiger partial charge in [0.2, 0.25) is 5.91 Å². The molecule has 2 aromatic heterocycles. The molecule has 0 atom stereocenters. The van der Waals surface area contributed by atoms with Gasteiger partial charge in [0.15, 0.2) is 0 Å². The molecule has 3 heterocycles. The van der Waals surface area contributed by atoms with Crippen molar-refractivity contribution < 1.29 is 9.59 Å². The molecule has 0 unspecified atom stereocenters. The zero-order valence-corrected chi connectivity index (χ0v) is 15.6. The molecule has 27 heavy (non-hydrogen) atoms. The van der Waals surface area contributed by atoms with E-state index in [4.69, 9.17) is 0 Å². The Morgan fingerprint density at radius 3 is 2.63 bits per heavy atom. The summed E-state index contributed by atoms with van der Waals surface area (Å²) in [6.45, 7) is 4.33. The maximum Gasteiger partial charge on any atom is 0.252 e. The number of nitrogens with zero attached hydrogens (tertiary/aromatic N) is 4. The van der Waals surface area contributed by atoms with Crippen LogP contribution < -0.4 is 10.9 Å². The van der Waals surface area contributed by atoms with Crippen molar-refractivity contribution in [2.75, 3.05) is 19.6 Å². The molecule has 0 spiro atoms. The number of carbonyl (C=O) groups is 2. The smallest absolute Gasteiger partial charge is 0.252 e. The van der Waals surface area contributed by atoms with E-state index in [1.54, 1.807) is 9.58 Å². The fourth-order valence-electron chi connectivity index (χ4n) is 3.15. The van der Waals surface area contributed by atoms with Gasteiger partial charge in [0.05, 0.1) is 17.8 Å². The number of rotatable bonds is 6. The molecule has 144 valence electrons. The van der Waals surface area contributed by atoms with E-state index in [0.717, 1.165) is 38.0 Å². The van der Waals surface area contributed by atoms with Crippen LogP contribution in [-0.2, 0) is 17.9 Å². The highest BCUT2D eigenvalue weighted by Gasteiger charge is 2.17. The average molecular weight is 371 g/mol. The number of aryl methyl sites for hydroxylation is 1. The Kier molecular flexibility index (Phi) is 6.05. The van der Waals surface area contributed by atoms with Gasteiger partial charge < -0.3 is 14.8 Å². The normalized spacial score (nSPS) is 14.2. The van der Waals surface area contributed by atoms with Crippen LogP contribution in [-0.4, -0.2) is 50.7 Å². The first kappa shape index (κ1) is 18.9. The third-order valence-electron chi connectivity index (χ3n) is 4.66. The lowest BCUT2D eigenvalue weighted by Gasteiger charge is -2.27. The van der Waals surface area contributed by atoms with Crippen molar-refractivity contribution >= 4 is 11.8 Å². The van der Waals surface area contributed by atoms with Gasteiger partial charge in [0.1, 0.15) is 6.54 Å². The van der Waals surface area contributed by atoms with Crippen molar-refractivity contribution in [2.24, 2.45) is 0 Å². The lowest BCUT2D eigenvalue weighted by atomic mass is 10.1. The number of pyridine rings is 1. The van der Waals surface area contributed by atoms with Gasteiger partial charge in [-0.15, -0.1) is 0 Å². The molecule has 0 bridgehead atoms. The predicted molar refractivity (Wildman–Crippen MR) is 100 cm³/mol. The highest BCUT2D eigenvalue weighted by atomic mass is 16.2. The molecular formula is C19H25N5O3. The Morgan fingerprint density at radius 1 is 1.15 bits per heavy atom. The second-order valence-electron chi connectivity index (χ2n) is 6.80. The summed E-state index contributed by atoms with van der Waals surface area (Å²) < 4.78 is 3.07. The minimum Gasteiger partial charge on any atom is -0.350 e. The summed E-state index contributed by atoms with van der Waals surface area (Å²) in [6.07, 6.45) is 6.45. The number of carbonyl (C=O) groups excluding carboxylic acids is 2. The molecule has 1 fully saturated rings. The average Bonchev–Trinajstić information content (AvgIpc) is 3.09. The Hall–Kier alpha value is -2.90. The summed E-state index contributed by atoms with van der Waals surface area (Å²) in [6, 6.07) is 4.71. The summed E-state index contributed by atoms with van der Waals surface area (Å²) in [4.78, 5) is 38.6. The summed E-state index contributed by atoms with van der Waals surface area (Å²) >= 11 is 0. The summed E-state index contributed by atoms with van der Waals surface area (Å²) in [7, 11) is 0. The standard InChI is InChI=1S/C19H25N5O3/c1-15-7-11-24(21-15)12-8-20-19(27)16-5-6-17(25)23(13-16)14-18(26)22-9-3-2-4-10-22/h5-7,11,13H,2-4,8-10,12,14H2,1H3,(H,20,27). The highest BCUT2D eigenvalue weighted by Crippen LogP contribution is 2.09. The SMILES string of the molecule is Cc1ccn(CCNC(=O)c2ccc(=O)n(CC(=O)N3CCCCC3)c2)n1. The fourth-order valence-corrected chi connectivity index (χ4v) is 3.15. The maximum atomic E-state index is 12.4. The zero-order valence-electron chi connectivity index (χ0n) is 15.6. The number of hydrogen-bond acceptors (Lipinski definition) is 4. The minimum absolute atomic E-state index is 0.0352. The zero-order chi connectivity index (χ0) is 19.2. The Balaban J connectivity index is 1.59. The van der Waals surface area contributed by atoms with E-state index in [1.165, 1.54) is 22.9 Å². The summed E-state index contributed by atoms with van der Waals surface area (Å²) in [5.41, 5.74) is 0.994. The van der Waals surface area contributed by atoms with Crippen molar-refractivity contribution in [3.63, 3.8) is 0 Å². The number of likely N-dealkylation sites (tertiary alicyclic amines) is 1. The molecule has 0 aromatic carbocycles. The molecule has 8 nitrogen and oxygen atoms in total. The molecule has 3 rings (SSSR count). The third kappa shape index (κ3) is 5.06. The van der Waals surface area contributed by atoms with Crippen LogP contribution in [0.3, 0.4) is 0 Å². The molecule has 1 saturated heterocycles. The summed E-state index contributed by atoms with van der Waals surface area (Å²) in [5, 5.41) is 7.07. The van der Waals surface area contributed by atoms with Gasteiger partial charge in [0, 0.05) is 38.1 Å². The van der Waals surface area contributed by atoms with Gasteiger partial charge in [-0.1, -0.05) is 0 Å². The van der Waals surface area contributed by atoms with Crippen molar-refractivity contribution in [3.8, 4) is 0 Å². The fraction of sp³-hybridized carbons (Fsp3) is 0.474. The molecule has 0 radical (unpaired) electrons. The largest absolute Gasteiger partial charge is 0.350 e. The van der Waals surface area contributed by atoms with E-state index < -0.39 is 0 Å². The number of nitrogens with one attached hydrogen (secondary N) is 1. The second-order valence-corrected chi connectivity index (χ2v) is 6.80. The molecule has 0 saturated carbocycles. The molecule has 1 aliphatic rings. The molecule has 1 aliphatic heterocycles. The van der Waals surface area contributed by atoms with Crippen molar-refractivity contribution in [2.45, 2.75) is 39.3 Å². The maximum absolute atomic E-state index is 12.4. The monoisotopic (exact) mass is 371 g/mol. The van der Waals surface area contributed by atoms with Crippen molar-refractivity contribution in [3.05, 3.63) is 52.2 Å². The van der Waals surface area contributed by atoms with E-state index in [0.29, 0.717) is 18.7 Å². The van der Waals surface area contributed by atoms with Gasteiger partial charge in [-0.05, 0) is 38.3 Å². The topological polar surface area (TPSA) is 89.2 Å². The molecule has 2 aromatic rings. The highest BCUT2D eigenvalue weighted by molar-refractivity contribution is 5.93. The third-order valence-corrected chi connectivity index (χ3v) is 4.66. The van der Waals surface area contributed by atoms with Gasteiger partial charge in [-0.2, -0.15) is 5.10 Å². The number of hydrogen-bond donors (Lipinski definition) is 1. The number of piperidine rings is 1. The van der Waals surface area contributed by atoms with Gasteiger partial charge >= 0.3 is 0 Å². The lowest BCUT2D eigenvalue weighted by Crippen LogP contribution is -2.39. The van der Waals surface area contributed by atoms with E-state index in [2.05, 4.69) is 10.4 Å². The van der Waals surface area contributed by atoms with Crippen LogP contribution in [0.1, 0.15) is 35.3 Å². The van der Waals surface area contributed by atoms with Crippen LogP contribution >= 0.6 is 0 Å². The summed E-state index contributed by atoms with van der Waals surface area (Å²) in [5.74, 6) is -0.360. The number of aromatic nitrogens is 3. The van der Waals surface area contributed by atoms with E-state index in [1.807, 2.05) is 19.2 Å². The van der Waals surface area contributed by atoms with Crippen LogP contribution in [0.4, 0.5) is 0 Å². The molecule has 2 amide bonds. The van der Waals surface area contributed by atoms with Crippen LogP contribution in [0, 0.1) is 6.92 Å². The van der Waals surface area contributed by atoms with Crippen LogP contribution in [0.5, 0.6) is 0 Å². The van der Waals surface area contributed by atoms with Crippen molar-refractivity contribution in [1.29, 1.82) is 0 Å². The van der Waals surface area contributed by atoms with E-state index in [9.17, 15) is 14.4 Å².